The Morgan fingerprint density at radius 3 is 3.00 bits per heavy atom. The molecule has 0 aliphatic heterocycles. The van der Waals surface area contributed by atoms with Crippen LogP contribution in [0.15, 0.2) is 27.2 Å². The zero-order valence-corrected chi connectivity index (χ0v) is 12.7. The summed E-state index contributed by atoms with van der Waals surface area (Å²) >= 11 is 9.36. The number of halogens is 2. The van der Waals surface area contributed by atoms with Gasteiger partial charge in [-0.05, 0) is 25.1 Å². The Hall–Kier alpha value is -1.11. The molecule has 1 heterocycles. The van der Waals surface area contributed by atoms with Gasteiger partial charge in [-0.15, -0.1) is 0 Å². The van der Waals surface area contributed by atoms with Gasteiger partial charge in [0, 0.05) is 11.6 Å². The summed E-state index contributed by atoms with van der Waals surface area (Å²) in [5.41, 5.74) is 0. The lowest BCUT2D eigenvalue weighted by Crippen LogP contribution is -2.00. The van der Waals surface area contributed by atoms with Crippen LogP contribution in [0, 0.1) is 0 Å². The summed E-state index contributed by atoms with van der Waals surface area (Å²) < 4.78 is 16.6. The molecule has 2 rings (SSSR count). The first-order chi connectivity index (χ1) is 9.10. The second kappa shape index (κ2) is 6.36. The molecule has 19 heavy (non-hydrogen) atoms. The van der Waals surface area contributed by atoms with Gasteiger partial charge < -0.3 is 14.0 Å². The Bertz CT molecular complexity index is 562. The molecule has 0 radical (unpaired) electrons. The first kappa shape index (κ1) is 14.3. The lowest BCUT2D eigenvalue weighted by atomic mass is 10.3. The molecular weight excluding hydrogens is 336 g/mol. The van der Waals surface area contributed by atoms with E-state index in [9.17, 15) is 0 Å². The largest absolute Gasteiger partial charge is 0.482 e. The van der Waals surface area contributed by atoms with E-state index >= 15 is 0 Å². The quantitative estimate of drug-likeness (QED) is 0.824. The molecule has 0 N–H and O–H groups in total. The first-order valence-electron chi connectivity index (χ1n) is 5.53. The lowest BCUT2D eigenvalue weighted by Gasteiger charge is -2.05. The van der Waals surface area contributed by atoms with Gasteiger partial charge in [0.1, 0.15) is 11.9 Å². The topological polar surface area (TPSA) is 57.4 Å². The van der Waals surface area contributed by atoms with E-state index in [1.807, 2.05) is 13.0 Å². The second-order valence-corrected chi connectivity index (χ2v) is 5.11. The van der Waals surface area contributed by atoms with Gasteiger partial charge in [0.25, 0.3) is 5.89 Å². The lowest BCUT2D eigenvalue weighted by molar-refractivity contribution is 0.109. The number of methoxy groups -OCH3 is 1. The summed E-state index contributed by atoms with van der Waals surface area (Å²) in [6.45, 7) is 1.99. The van der Waals surface area contributed by atoms with Gasteiger partial charge in [-0.2, -0.15) is 4.98 Å². The molecule has 0 amide bonds. The normalized spacial score (nSPS) is 12.4. The van der Waals surface area contributed by atoms with Crippen LogP contribution < -0.4 is 4.74 Å². The minimum atomic E-state index is -0.216. The first-order valence-corrected chi connectivity index (χ1v) is 6.70. The van der Waals surface area contributed by atoms with Crippen LogP contribution in [0.1, 0.15) is 24.7 Å². The molecular formula is C12H12BrClN2O3. The number of benzene rings is 1. The van der Waals surface area contributed by atoms with E-state index < -0.39 is 0 Å². The van der Waals surface area contributed by atoms with E-state index in [4.69, 9.17) is 25.6 Å². The maximum Gasteiger partial charge on any atom is 0.264 e. The summed E-state index contributed by atoms with van der Waals surface area (Å²) in [5, 5.41) is 4.33. The van der Waals surface area contributed by atoms with Gasteiger partial charge in [0.05, 0.1) is 5.02 Å². The summed E-state index contributed by atoms with van der Waals surface area (Å²) in [7, 11) is 1.58. The highest BCUT2D eigenvalue weighted by Gasteiger charge is 2.13. The number of hydrogen-bond acceptors (Lipinski definition) is 5. The zero-order chi connectivity index (χ0) is 13.8. The van der Waals surface area contributed by atoms with E-state index in [1.165, 1.54) is 0 Å². The van der Waals surface area contributed by atoms with Crippen molar-refractivity contribution in [2.45, 2.75) is 19.6 Å². The molecule has 0 unspecified atom stereocenters. The van der Waals surface area contributed by atoms with Crippen LogP contribution in [0.3, 0.4) is 0 Å². The summed E-state index contributed by atoms with van der Waals surface area (Å²) in [6, 6.07) is 5.35. The monoisotopic (exact) mass is 346 g/mol. The fourth-order valence-electron chi connectivity index (χ4n) is 1.32. The van der Waals surface area contributed by atoms with Crippen LogP contribution in [0.5, 0.6) is 5.75 Å². The molecule has 0 aliphatic carbocycles. The third-order valence-corrected chi connectivity index (χ3v) is 3.25. The molecule has 0 fully saturated rings. The third-order valence-electron chi connectivity index (χ3n) is 2.45. The van der Waals surface area contributed by atoms with Crippen molar-refractivity contribution in [2.24, 2.45) is 0 Å². The average Bonchev–Trinajstić information content (AvgIpc) is 2.88. The predicted molar refractivity (Wildman–Crippen MR) is 73.2 cm³/mol. The van der Waals surface area contributed by atoms with Gasteiger partial charge in [0.2, 0.25) is 0 Å². The summed E-state index contributed by atoms with van der Waals surface area (Å²) in [4.78, 5) is 4.17. The van der Waals surface area contributed by atoms with E-state index in [2.05, 4.69) is 26.1 Å². The molecule has 0 saturated heterocycles. The maximum atomic E-state index is 6.01. The standard InChI is InChI=1S/C12H12BrClN2O3/c1-7(17-2)12-15-11(19-16-12)6-18-10-5-8(13)3-4-9(10)14/h3-5,7H,6H2,1-2H3/t7-/m1/s1. The summed E-state index contributed by atoms with van der Waals surface area (Å²) in [5.74, 6) is 1.41. The van der Waals surface area contributed by atoms with Crippen LogP contribution in [0.4, 0.5) is 0 Å². The minimum Gasteiger partial charge on any atom is -0.482 e. The van der Waals surface area contributed by atoms with Gasteiger partial charge in [0.15, 0.2) is 12.4 Å². The minimum absolute atomic E-state index is 0.152. The Balaban J connectivity index is 2.02. The number of hydrogen-bond donors (Lipinski definition) is 0. The molecule has 7 heteroatoms. The van der Waals surface area contributed by atoms with Crippen molar-refractivity contribution in [3.05, 3.63) is 39.4 Å². The van der Waals surface area contributed by atoms with Gasteiger partial charge >= 0.3 is 0 Å². The fourth-order valence-corrected chi connectivity index (χ4v) is 1.84. The van der Waals surface area contributed by atoms with Crippen molar-refractivity contribution < 1.29 is 14.0 Å². The van der Waals surface area contributed by atoms with Gasteiger partial charge in [-0.1, -0.05) is 32.7 Å². The van der Waals surface area contributed by atoms with Crippen molar-refractivity contribution in [1.82, 2.24) is 10.1 Å². The van der Waals surface area contributed by atoms with Crippen LogP contribution in [0.2, 0.25) is 5.02 Å². The van der Waals surface area contributed by atoms with E-state index in [1.54, 1.807) is 19.2 Å². The number of aromatic nitrogens is 2. The van der Waals surface area contributed by atoms with Crippen molar-refractivity contribution in [3.8, 4) is 5.75 Å². The molecule has 0 aliphatic rings. The highest BCUT2D eigenvalue weighted by atomic mass is 79.9. The fraction of sp³-hybridized carbons (Fsp3) is 0.333. The molecule has 2 aromatic rings. The van der Waals surface area contributed by atoms with Crippen molar-refractivity contribution >= 4 is 27.5 Å². The SMILES string of the molecule is CO[C@H](C)c1noc(COc2cc(Br)ccc2Cl)n1. The number of rotatable bonds is 5. The van der Waals surface area contributed by atoms with E-state index in [0.29, 0.717) is 22.5 Å². The Morgan fingerprint density at radius 1 is 1.47 bits per heavy atom. The maximum absolute atomic E-state index is 6.01. The van der Waals surface area contributed by atoms with E-state index in [0.717, 1.165) is 4.47 Å². The van der Waals surface area contributed by atoms with Crippen molar-refractivity contribution in [1.29, 1.82) is 0 Å². The van der Waals surface area contributed by atoms with Gasteiger partial charge in [-0.25, -0.2) is 0 Å². The highest BCUT2D eigenvalue weighted by molar-refractivity contribution is 9.10. The van der Waals surface area contributed by atoms with Crippen LogP contribution in [-0.4, -0.2) is 17.3 Å². The highest BCUT2D eigenvalue weighted by Crippen LogP contribution is 2.28. The Labute approximate surface area is 124 Å². The molecule has 1 atom stereocenters. The molecule has 0 saturated carbocycles. The van der Waals surface area contributed by atoms with Crippen molar-refractivity contribution in [3.63, 3.8) is 0 Å². The number of ether oxygens (including phenoxy) is 2. The smallest absolute Gasteiger partial charge is 0.264 e. The van der Waals surface area contributed by atoms with E-state index in [-0.39, 0.29) is 12.7 Å². The molecule has 102 valence electrons. The van der Waals surface area contributed by atoms with Crippen LogP contribution in [0.25, 0.3) is 0 Å². The van der Waals surface area contributed by atoms with Crippen LogP contribution in [-0.2, 0) is 11.3 Å². The molecule has 0 bridgehead atoms. The average molecular weight is 348 g/mol. The third kappa shape index (κ3) is 3.68. The molecule has 5 nitrogen and oxygen atoms in total. The Kier molecular flexibility index (Phi) is 4.79. The Morgan fingerprint density at radius 2 is 2.26 bits per heavy atom. The molecule has 1 aromatic heterocycles. The number of nitrogens with zero attached hydrogens (tertiary/aromatic N) is 2. The second-order valence-electron chi connectivity index (χ2n) is 3.79. The molecule has 1 aromatic carbocycles. The molecule has 0 spiro atoms. The zero-order valence-electron chi connectivity index (χ0n) is 10.4. The van der Waals surface area contributed by atoms with Gasteiger partial charge in [-0.3, -0.25) is 0 Å². The van der Waals surface area contributed by atoms with Crippen LogP contribution >= 0.6 is 27.5 Å². The van der Waals surface area contributed by atoms with Crippen molar-refractivity contribution in [2.75, 3.05) is 7.11 Å². The summed E-state index contributed by atoms with van der Waals surface area (Å²) in [6.07, 6.45) is -0.216. The predicted octanol–water partition coefficient (Wildman–Crippen LogP) is 3.77.